The lowest BCUT2D eigenvalue weighted by molar-refractivity contribution is 0.0870. The normalized spacial score (nSPS) is 9.95. The monoisotopic (exact) mass is 292 g/mol. The van der Waals surface area contributed by atoms with Gasteiger partial charge in [-0.15, -0.1) is 0 Å². The number of rotatable bonds is 8. The summed E-state index contributed by atoms with van der Waals surface area (Å²) in [6.07, 6.45) is 4.87. The predicted molar refractivity (Wildman–Crippen MR) is 82.2 cm³/mol. The van der Waals surface area contributed by atoms with Gasteiger partial charge in [-0.25, -0.2) is 4.79 Å². The number of nitrogens with one attached hydrogen (secondary N) is 2. The Morgan fingerprint density at radius 1 is 1.14 bits per heavy atom. The van der Waals surface area contributed by atoms with Crippen LogP contribution in [0.1, 0.15) is 44.6 Å². The first-order valence-corrected chi connectivity index (χ1v) is 7.43. The molecule has 0 saturated heterocycles. The summed E-state index contributed by atoms with van der Waals surface area (Å²) in [4.78, 5) is 11.4. The van der Waals surface area contributed by atoms with Crippen LogP contribution in [0.25, 0.3) is 0 Å². The maximum absolute atomic E-state index is 11.4. The third-order valence-corrected chi connectivity index (χ3v) is 2.95. The smallest absolute Gasteiger partial charge is 0.429 e. The molecule has 0 fully saturated rings. The largest absolute Gasteiger partial charge is 0.516 e. The van der Waals surface area contributed by atoms with Crippen molar-refractivity contribution in [1.82, 2.24) is 5.32 Å². The van der Waals surface area contributed by atoms with Gasteiger partial charge < -0.3 is 14.8 Å². The Morgan fingerprint density at radius 2 is 1.86 bits per heavy atom. The molecule has 0 aliphatic rings. The van der Waals surface area contributed by atoms with Crippen LogP contribution in [0, 0.1) is 5.41 Å². The van der Waals surface area contributed by atoms with E-state index < -0.39 is 6.16 Å². The van der Waals surface area contributed by atoms with Gasteiger partial charge in [-0.1, -0.05) is 62.9 Å². The number of hydrogen-bond acceptors (Lipinski definition) is 4. The molecule has 116 valence electrons. The van der Waals surface area contributed by atoms with E-state index in [2.05, 4.69) is 12.2 Å². The number of amidine groups is 1. The molecule has 2 N–H and O–H groups in total. The number of ether oxygens (including phenoxy) is 2. The van der Waals surface area contributed by atoms with Crippen LogP contribution < -0.4 is 5.32 Å². The molecule has 0 radical (unpaired) electrons. The molecule has 1 aromatic rings. The van der Waals surface area contributed by atoms with E-state index in [4.69, 9.17) is 14.9 Å². The highest BCUT2D eigenvalue weighted by atomic mass is 16.7. The maximum Gasteiger partial charge on any atom is 0.516 e. The zero-order chi connectivity index (χ0) is 15.3. The zero-order valence-electron chi connectivity index (χ0n) is 12.6. The molecular formula is C16H24N2O3. The van der Waals surface area contributed by atoms with Gasteiger partial charge in [0.15, 0.2) is 0 Å². The van der Waals surface area contributed by atoms with E-state index in [0.717, 1.165) is 18.4 Å². The third kappa shape index (κ3) is 8.68. The Labute approximate surface area is 126 Å². The fraction of sp³-hybridized carbons (Fsp3) is 0.500. The van der Waals surface area contributed by atoms with Gasteiger partial charge in [-0.05, 0) is 12.0 Å². The first-order valence-electron chi connectivity index (χ1n) is 7.43. The van der Waals surface area contributed by atoms with E-state index in [9.17, 15) is 4.79 Å². The summed E-state index contributed by atoms with van der Waals surface area (Å²) < 4.78 is 9.63. The minimum Gasteiger partial charge on any atom is -0.429 e. The summed E-state index contributed by atoms with van der Waals surface area (Å²) in [6.45, 7) is 2.95. The lowest BCUT2D eigenvalue weighted by Gasteiger charge is -2.08. The van der Waals surface area contributed by atoms with Crippen molar-refractivity contribution in [1.29, 1.82) is 5.41 Å². The molecule has 0 heterocycles. The van der Waals surface area contributed by atoms with E-state index in [1.54, 1.807) is 0 Å². The van der Waals surface area contributed by atoms with Crippen LogP contribution in [0.4, 0.5) is 4.79 Å². The number of carbonyl (C=O) groups is 1. The average Bonchev–Trinajstić information content (AvgIpc) is 2.50. The third-order valence-electron chi connectivity index (χ3n) is 2.95. The highest BCUT2D eigenvalue weighted by Gasteiger charge is 2.08. The fourth-order valence-corrected chi connectivity index (χ4v) is 1.80. The van der Waals surface area contributed by atoms with Crippen molar-refractivity contribution in [2.24, 2.45) is 0 Å². The number of hydrogen-bond donors (Lipinski definition) is 2. The van der Waals surface area contributed by atoms with Crippen molar-refractivity contribution < 1.29 is 14.3 Å². The molecule has 0 bridgehead atoms. The van der Waals surface area contributed by atoms with Crippen LogP contribution in [-0.2, 0) is 16.1 Å². The SMILES string of the molecule is CCCCCCCNC(=N)OC(=O)OCc1ccccc1. The van der Waals surface area contributed by atoms with Crippen LogP contribution in [0.5, 0.6) is 0 Å². The predicted octanol–water partition coefficient (Wildman–Crippen LogP) is 3.83. The number of unbranched alkanes of at least 4 members (excludes halogenated alkanes) is 4. The lowest BCUT2D eigenvalue weighted by Crippen LogP contribution is -2.28. The molecular weight excluding hydrogens is 268 g/mol. The van der Waals surface area contributed by atoms with Crippen LogP contribution in [0.2, 0.25) is 0 Å². The molecule has 0 saturated carbocycles. The number of carbonyl (C=O) groups excluding carboxylic acids is 1. The lowest BCUT2D eigenvalue weighted by atomic mass is 10.1. The Morgan fingerprint density at radius 3 is 2.57 bits per heavy atom. The van der Waals surface area contributed by atoms with E-state index in [0.29, 0.717) is 6.54 Å². The summed E-state index contributed by atoms with van der Waals surface area (Å²) in [6, 6.07) is 9.07. The van der Waals surface area contributed by atoms with E-state index in [-0.39, 0.29) is 12.6 Å². The second kappa shape index (κ2) is 10.7. The minimum absolute atomic E-state index is 0.143. The van der Waals surface area contributed by atoms with Crippen LogP contribution in [-0.4, -0.2) is 18.7 Å². The van der Waals surface area contributed by atoms with Crippen molar-refractivity contribution in [2.45, 2.75) is 45.6 Å². The molecule has 1 aromatic carbocycles. The molecule has 0 aliphatic heterocycles. The molecule has 21 heavy (non-hydrogen) atoms. The molecule has 1 rings (SSSR count). The Bertz CT molecular complexity index is 421. The van der Waals surface area contributed by atoms with Crippen molar-refractivity contribution >= 4 is 12.2 Å². The van der Waals surface area contributed by atoms with E-state index in [1.807, 2.05) is 30.3 Å². The van der Waals surface area contributed by atoms with Gasteiger partial charge >= 0.3 is 6.16 Å². The molecule has 0 spiro atoms. The summed E-state index contributed by atoms with van der Waals surface area (Å²) in [5, 5.41) is 10.2. The van der Waals surface area contributed by atoms with Crippen LogP contribution >= 0.6 is 0 Å². The topological polar surface area (TPSA) is 71.4 Å². The molecule has 5 heteroatoms. The van der Waals surface area contributed by atoms with Gasteiger partial charge in [0.1, 0.15) is 6.61 Å². The van der Waals surface area contributed by atoms with Gasteiger partial charge in [-0.3, -0.25) is 5.41 Å². The fourth-order valence-electron chi connectivity index (χ4n) is 1.80. The molecule has 0 amide bonds. The summed E-state index contributed by atoms with van der Waals surface area (Å²) in [5.74, 6) is 0. The summed E-state index contributed by atoms with van der Waals surface area (Å²) in [5.41, 5.74) is 0.880. The number of benzene rings is 1. The van der Waals surface area contributed by atoms with Crippen molar-refractivity contribution in [3.63, 3.8) is 0 Å². The van der Waals surface area contributed by atoms with Crippen molar-refractivity contribution in [2.75, 3.05) is 6.54 Å². The van der Waals surface area contributed by atoms with Gasteiger partial charge in [0.2, 0.25) is 0 Å². The van der Waals surface area contributed by atoms with Crippen molar-refractivity contribution in [3.8, 4) is 0 Å². The van der Waals surface area contributed by atoms with Crippen molar-refractivity contribution in [3.05, 3.63) is 35.9 Å². The van der Waals surface area contributed by atoms with Gasteiger partial charge in [0.05, 0.1) is 0 Å². The van der Waals surface area contributed by atoms with Gasteiger partial charge in [0, 0.05) is 6.54 Å². The minimum atomic E-state index is -0.859. The molecule has 0 atom stereocenters. The van der Waals surface area contributed by atoms with Gasteiger partial charge in [0.25, 0.3) is 6.02 Å². The highest BCUT2D eigenvalue weighted by Crippen LogP contribution is 2.02. The Kier molecular flexibility index (Phi) is 8.68. The first-order chi connectivity index (χ1) is 10.2. The summed E-state index contributed by atoms with van der Waals surface area (Å²) in [7, 11) is 0. The first kappa shape index (κ1) is 17.0. The molecule has 0 aliphatic carbocycles. The summed E-state index contributed by atoms with van der Waals surface area (Å²) >= 11 is 0. The van der Waals surface area contributed by atoms with Crippen LogP contribution in [0.3, 0.4) is 0 Å². The highest BCUT2D eigenvalue weighted by molar-refractivity contribution is 5.82. The molecule has 0 aromatic heterocycles. The quantitative estimate of drug-likeness (QED) is 0.330. The average molecular weight is 292 g/mol. The van der Waals surface area contributed by atoms with Crippen LogP contribution in [0.15, 0.2) is 30.3 Å². The second-order valence-electron chi connectivity index (χ2n) is 4.80. The van der Waals surface area contributed by atoms with Gasteiger partial charge in [-0.2, -0.15) is 0 Å². The second-order valence-corrected chi connectivity index (χ2v) is 4.80. The Balaban J connectivity index is 2.06. The van der Waals surface area contributed by atoms with E-state index in [1.165, 1.54) is 19.3 Å². The zero-order valence-corrected chi connectivity index (χ0v) is 12.6. The maximum atomic E-state index is 11.4. The molecule has 5 nitrogen and oxygen atoms in total. The standard InChI is InChI=1S/C16H24N2O3/c1-2-3-4-5-9-12-18-15(17)21-16(19)20-13-14-10-7-6-8-11-14/h6-8,10-11H,2-5,9,12-13H2,1H3,(H2,17,18). The molecule has 0 unspecified atom stereocenters. The van der Waals surface area contributed by atoms with E-state index >= 15 is 0 Å². The Hall–Kier alpha value is -2.04.